The number of amides is 1. The lowest BCUT2D eigenvalue weighted by Gasteiger charge is -2.27. The molecule has 0 spiro atoms. The second-order valence-corrected chi connectivity index (χ2v) is 7.75. The lowest BCUT2D eigenvalue weighted by Crippen LogP contribution is -2.37. The molecular formula is C23H29FN2O2. The number of benzene rings is 2. The molecule has 0 saturated carbocycles. The second-order valence-electron chi connectivity index (χ2n) is 7.75. The number of halogens is 1. The minimum atomic E-state index is -0.378. The van der Waals surface area contributed by atoms with Gasteiger partial charge in [0.25, 0.3) is 5.91 Å². The van der Waals surface area contributed by atoms with E-state index in [1.165, 1.54) is 23.3 Å². The molecule has 4 nitrogen and oxygen atoms in total. The molecule has 3 rings (SSSR count). The highest BCUT2D eigenvalue weighted by Gasteiger charge is 2.29. The molecule has 2 atom stereocenters. The standard InChI is InChI=1S/C23H29FN2O2/c1-14-10-18(12-19(24)11-14)23(27)25-20-8-9-26(13-20)17(4)21-6-7-22(28-5)16(3)15(21)2/h6-7,10-12,17,20H,8-9,13H2,1-5H3,(H,25,27)/t17?,20-/m1/s1. The van der Waals surface area contributed by atoms with Crippen molar-refractivity contribution in [3.8, 4) is 5.75 Å². The van der Waals surface area contributed by atoms with E-state index in [0.29, 0.717) is 5.56 Å². The van der Waals surface area contributed by atoms with Crippen LogP contribution < -0.4 is 10.1 Å². The van der Waals surface area contributed by atoms with Crippen molar-refractivity contribution in [1.82, 2.24) is 10.2 Å². The number of carbonyl (C=O) groups excluding carboxylic acids is 1. The van der Waals surface area contributed by atoms with Crippen LogP contribution in [0.3, 0.4) is 0 Å². The summed E-state index contributed by atoms with van der Waals surface area (Å²) in [6.45, 7) is 9.90. The van der Waals surface area contributed by atoms with Gasteiger partial charge in [0.2, 0.25) is 0 Å². The molecule has 1 amide bonds. The molecule has 150 valence electrons. The summed E-state index contributed by atoms with van der Waals surface area (Å²) in [5.74, 6) is 0.321. The van der Waals surface area contributed by atoms with E-state index in [0.717, 1.165) is 36.4 Å². The van der Waals surface area contributed by atoms with Gasteiger partial charge >= 0.3 is 0 Å². The van der Waals surface area contributed by atoms with Crippen molar-refractivity contribution in [3.05, 3.63) is 64.0 Å². The Morgan fingerprint density at radius 1 is 1.21 bits per heavy atom. The molecule has 2 aromatic rings. The number of ether oxygens (including phenoxy) is 1. The molecule has 0 aliphatic carbocycles. The minimum Gasteiger partial charge on any atom is -0.496 e. The molecule has 0 bridgehead atoms. The van der Waals surface area contributed by atoms with Crippen LogP contribution >= 0.6 is 0 Å². The number of nitrogens with zero attached hydrogens (tertiary/aromatic N) is 1. The Balaban J connectivity index is 1.66. The first-order chi connectivity index (χ1) is 13.3. The number of hydrogen-bond acceptors (Lipinski definition) is 3. The molecule has 0 radical (unpaired) electrons. The van der Waals surface area contributed by atoms with E-state index in [2.05, 4.69) is 37.1 Å². The Morgan fingerprint density at radius 3 is 2.64 bits per heavy atom. The fraction of sp³-hybridized carbons (Fsp3) is 0.435. The van der Waals surface area contributed by atoms with Crippen LogP contribution in [-0.2, 0) is 0 Å². The summed E-state index contributed by atoms with van der Waals surface area (Å²) in [7, 11) is 1.69. The highest BCUT2D eigenvalue weighted by atomic mass is 19.1. The molecule has 1 aliphatic rings. The third kappa shape index (κ3) is 4.20. The first kappa shape index (κ1) is 20.3. The van der Waals surface area contributed by atoms with Crippen molar-refractivity contribution in [2.24, 2.45) is 0 Å². The lowest BCUT2D eigenvalue weighted by molar-refractivity contribution is 0.0936. The maximum Gasteiger partial charge on any atom is 0.251 e. The fourth-order valence-corrected chi connectivity index (χ4v) is 4.08. The van der Waals surface area contributed by atoms with Crippen LogP contribution in [0.4, 0.5) is 4.39 Å². The average molecular weight is 384 g/mol. The number of rotatable bonds is 5. The van der Waals surface area contributed by atoms with Gasteiger partial charge in [-0.3, -0.25) is 9.69 Å². The van der Waals surface area contributed by atoms with Crippen molar-refractivity contribution in [1.29, 1.82) is 0 Å². The number of nitrogens with one attached hydrogen (secondary N) is 1. The van der Waals surface area contributed by atoms with Crippen LogP contribution in [-0.4, -0.2) is 37.0 Å². The normalized spacial score (nSPS) is 18.1. The smallest absolute Gasteiger partial charge is 0.251 e. The summed E-state index contributed by atoms with van der Waals surface area (Å²) in [5.41, 5.74) is 4.82. The first-order valence-corrected chi connectivity index (χ1v) is 9.76. The third-order valence-corrected chi connectivity index (χ3v) is 5.86. The number of likely N-dealkylation sites (tertiary alicyclic amines) is 1. The van der Waals surface area contributed by atoms with Crippen molar-refractivity contribution < 1.29 is 13.9 Å². The molecule has 1 saturated heterocycles. The van der Waals surface area contributed by atoms with Crippen molar-refractivity contribution in [3.63, 3.8) is 0 Å². The van der Waals surface area contributed by atoms with E-state index in [1.807, 2.05) is 6.07 Å². The molecule has 5 heteroatoms. The maximum absolute atomic E-state index is 13.6. The Kier molecular flexibility index (Phi) is 6.04. The van der Waals surface area contributed by atoms with Crippen molar-refractivity contribution >= 4 is 5.91 Å². The molecule has 28 heavy (non-hydrogen) atoms. The summed E-state index contributed by atoms with van der Waals surface area (Å²) in [4.78, 5) is 14.9. The van der Waals surface area contributed by atoms with Gasteiger partial charge in [-0.05, 0) is 80.6 Å². The SMILES string of the molecule is COc1ccc(C(C)N2CC[C@@H](NC(=O)c3cc(C)cc(F)c3)C2)c(C)c1C. The molecule has 1 N–H and O–H groups in total. The van der Waals surface area contributed by atoms with Gasteiger partial charge in [-0.15, -0.1) is 0 Å². The van der Waals surface area contributed by atoms with Crippen LogP contribution in [0.5, 0.6) is 5.75 Å². The Hall–Kier alpha value is -2.40. The first-order valence-electron chi connectivity index (χ1n) is 9.76. The van der Waals surface area contributed by atoms with Gasteiger partial charge < -0.3 is 10.1 Å². The summed E-state index contributed by atoms with van der Waals surface area (Å²) in [6, 6.07) is 8.91. The predicted octanol–water partition coefficient (Wildman–Crippen LogP) is 4.32. The van der Waals surface area contributed by atoms with Gasteiger partial charge in [0.05, 0.1) is 7.11 Å². The second kappa shape index (κ2) is 8.31. The fourth-order valence-electron chi connectivity index (χ4n) is 4.08. The zero-order valence-corrected chi connectivity index (χ0v) is 17.3. The Morgan fingerprint density at radius 2 is 1.96 bits per heavy atom. The van der Waals surface area contributed by atoms with E-state index >= 15 is 0 Å². The molecular weight excluding hydrogens is 355 g/mol. The van der Waals surface area contributed by atoms with Gasteiger partial charge in [-0.25, -0.2) is 4.39 Å². The summed E-state index contributed by atoms with van der Waals surface area (Å²) in [6.07, 6.45) is 0.887. The average Bonchev–Trinajstić information content (AvgIpc) is 3.11. The summed E-state index contributed by atoms with van der Waals surface area (Å²) < 4.78 is 19.0. The zero-order chi connectivity index (χ0) is 20.4. The number of methoxy groups -OCH3 is 1. The third-order valence-electron chi connectivity index (χ3n) is 5.86. The molecule has 2 aromatic carbocycles. The largest absolute Gasteiger partial charge is 0.496 e. The van der Waals surface area contributed by atoms with Crippen LogP contribution in [0, 0.1) is 26.6 Å². The van der Waals surface area contributed by atoms with E-state index < -0.39 is 0 Å². The summed E-state index contributed by atoms with van der Waals surface area (Å²) >= 11 is 0. The van der Waals surface area contributed by atoms with Gasteiger partial charge in [0.1, 0.15) is 11.6 Å². The maximum atomic E-state index is 13.6. The predicted molar refractivity (Wildman–Crippen MR) is 109 cm³/mol. The highest BCUT2D eigenvalue weighted by Crippen LogP contribution is 2.32. The number of aryl methyl sites for hydroxylation is 1. The molecule has 1 heterocycles. The van der Waals surface area contributed by atoms with E-state index in [1.54, 1.807) is 20.1 Å². The number of hydrogen-bond donors (Lipinski definition) is 1. The monoisotopic (exact) mass is 384 g/mol. The van der Waals surface area contributed by atoms with E-state index in [4.69, 9.17) is 4.74 Å². The van der Waals surface area contributed by atoms with Gasteiger partial charge in [-0.1, -0.05) is 6.07 Å². The number of carbonyl (C=O) groups is 1. The topological polar surface area (TPSA) is 41.6 Å². The quantitative estimate of drug-likeness (QED) is 0.835. The molecule has 1 aliphatic heterocycles. The summed E-state index contributed by atoms with van der Waals surface area (Å²) in [5, 5.41) is 3.06. The Labute approximate surface area is 166 Å². The van der Waals surface area contributed by atoms with Crippen molar-refractivity contribution in [2.45, 2.75) is 46.2 Å². The lowest BCUT2D eigenvalue weighted by atomic mass is 9.97. The zero-order valence-electron chi connectivity index (χ0n) is 17.3. The highest BCUT2D eigenvalue weighted by molar-refractivity contribution is 5.94. The van der Waals surface area contributed by atoms with Gasteiger partial charge in [0.15, 0.2) is 0 Å². The molecule has 1 unspecified atom stereocenters. The minimum absolute atomic E-state index is 0.0678. The van der Waals surface area contributed by atoms with Gasteiger partial charge in [0, 0.05) is 30.7 Å². The van der Waals surface area contributed by atoms with Crippen LogP contribution in [0.1, 0.15) is 52.0 Å². The van der Waals surface area contributed by atoms with Crippen molar-refractivity contribution in [2.75, 3.05) is 20.2 Å². The van der Waals surface area contributed by atoms with E-state index in [9.17, 15) is 9.18 Å². The van der Waals surface area contributed by atoms with Crippen LogP contribution in [0.2, 0.25) is 0 Å². The van der Waals surface area contributed by atoms with Crippen LogP contribution in [0.25, 0.3) is 0 Å². The molecule has 1 fully saturated rings. The van der Waals surface area contributed by atoms with Gasteiger partial charge in [-0.2, -0.15) is 0 Å². The molecule has 0 aromatic heterocycles. The Bertz CT molecular complexity index is 861. The van der Waals surface area contributed by atoms with Crippen LogP contribution in [0.15, 0.2) is 30.3 Å². The van der Waals surface area contributed by atoms with E-state index in [-0.39, 0.29) is 23.8 Å².